The van der Waals surface area contributed by atoms with Gasteiger partial charge in [-0.25, -0.2) is 0 Å². The van der Waals surface area contributed by atoms with E-state index in [9.17, 15) is 0 Å². The normalized spacial score (nSPS) is 10.3. The Hall–Kier alpha value is -1.48. The van der Waals surface area contributed by atoms with Crippen molar-refractivity contribution in [3.05, 3.63) is 52.0 Å². The molecule has 2 rings (SSSR count). The molecule has 0 saturated heterocycles. The molecule has 0 aromatic heterocycles. The number of aryl methyl sites for hydroxylation is 1. The van der Waals surface area contributed by atoms with Gasteiger partial charge in [0.25, 0.3) is 0 Å². The molecule has 88 valence electrons. The van der Waals surface area contributed by atoms with Crippen molar-refractivity contribution >= 4 is 33.0 Å². The highest BCUT2D eigenvalue weighted by molar-refractivity contribution is 9.10. The lowest BCUT2D eigenvalue weighted by atomic mass is 10.1. The summed E-state index contributed by atoms with van der Waals surface area (Å²) in [6.07, 6.45) is 0. The van der Waals surface area contributed by atoms with E-state index in [2.05, 4.69) is 34.2 Å². The van der Waals surface area contributed by atoms with Crippen LogP contribution in [0.15, 0.2) is 40.9 Å². The van der Waals surface area contributed by atoms with E-state index in [1.165, 1.54) is 5.56 Å². The fourth-order valence-corrected chi connectivity index (χ4v) is 1.98. The Kier molecular flexibility index (Phi) is 3.38. The lowest BCUT2D eigenvalue weighted by molar-refractivity contribution is 1.39. The van der Waals surface area contributed by atoms with Gasteiger partial charge >= 0.3 is 0 Å². The lowest BCUT2D eigenvalue weighted by Gasteiger charge is -2.12. The van der Waals surface area contributed by atoms with Gasteiger partial charge in [0, 0.05) is 21.5 Å². The Balaban J connectivity index is 2.31. The molecule has 0 spiro atoms. The standard InChI is InChI=1S/C14H15BrN2/c1-9-6-7-11(8-13(9)16)17-14-5-3-4-12(15)10(14)2/h3-8,17H,16H2,1-2H3. The highest BCUT2D eigenvalue weighted by atomic mass is 79.9. The first-order valence-electron chi connectivity index (χ1n) is 5.46. The first kappa shape index (κ1) is 12.0. The summed E-state index contributed by atoms with van der Waals surface area (Å²) in [4.78, 5) is 0. The number of nitrogens with one attached hydrogen (secondary N) is 1. The van der Waals surface area contributed by atoms with Gasteiger partial charge in [0.15, 0.2) is 0 Å². The molecule has 2 aromatic rings. The maximum absolute atomic E-state index is 5.89. The summed E-state index contributed by atoms with van der Waals surface area (Å²) in [6, 6.07) is 12.1. The van der Waals surface area contributed by atoms with E-state index in [4.69, 9.17) is 5.73 Å². The van der Waals surface area contributed by atoms with Crippen molar-refractivity contribution in [2.45, 2.75) is 13.8 Å². The number of benzene rings is 2. The number of hydrogen-bond donors (Lipinski definition) is 2. The molecule has 0 saturated carbocycles. The fraction of sp³-hybridized carbons (Fsp3) is 0.143. The van der Waals surface area contributed by atoms with E-state index in [1.807, 2.05) is 37.3 Å². The van der Waals surface area contributed by atoms with Crippen LogP contribution in [0.3, 0.4) is 0 Å². The minimum absolute atomic E-state index is 0.808. The van der Waals surface area contributed by atoms with Crippen molar-refractivity contribution in [1.82, 2.24) is 0 Å². The summed E-state index contributed by atoms with van der Waals surface area (Å²) in [5, 5.41) is 3.37. The van der Waals surface area contributed by atoms with Gasteiger partial charge in [-0.2, -0.15) is 0 Å². The van der Waals surface area contributed by atoms with E-state index in [1.54, 1.807) is 0 Å². The molecule has 3 heteroatoms. The summed E-state index contributed by atoms with van der Waals surface area (Å²) in [7, 11) is 0. The molecule has 0 heterocycles. The molecule has 0 radical (unpaired) electrons. The van der Waals surface area contributed by atoms with Crippen LogP contribution in [-0.2, 0) is 0 Å². The molecule has 0 atom stereocenters. The topological polar surface area (TPSA) is 38.0 Å². The van der Waals surface area contributed by atoms with E-state index >= 15 is 0 Å². The fourth-order valence-electron chi connectivity index (χ4n) is 1.62. The van der Waals surface area contributed by atoms with E-state index in [0.29, 0.717) is 0 Å². The third-order valence-corrected chi connectivity index (χ3v) is 3.69. The van der Waals surface area contributed by atoms with Crippen LogP contribution in [0.25, 0.3) is 0 Å². The number of halogens is 1. The molecule has 0 fully saturated rings. The lowest BCUT2D eigenvalue weighted by Crippen LogP contribution is -1.96. The molecular formula is C14H15BrN2. The third-order valence-electron chi connectivity index (χ3n) is 2.83. The summed E-state index contributed by atoms with van der Waals surface area (Å²) >= 11 is 3.52. The largest absolute Gasteiger partial charge is 0.398 e. The molecule has 0 aliphatic carbocycles. The average molecular weight is 291 g/mol. The minimum atomic E-state index is 0.808. The Bertz CT molecular complexity index is 550. The maximum atomic E-state index is 5.89. The van der Waals surface area contributed by atoms with Gasteiger partial charge in [0.05, 0.1) is 0 Å². The van der Waals surface area contributed by atoms with Crippen LogP contribution in [0.2, 0.25) is 0 Å². The highest BCUT2D eigenvalue weighted by Crippen LogP contribution is 2.27. The Morgan fingerprint density at radius 1 is 1.12 bits per heavy atom. The van der Waals surface area contributed by atoms with Crippen LogP contribution < -0.4 is 11.1 Å². The van der Waals surface area contributed by atoms with Crippen molar-refractivity contribution in [1.29, 1.82) is 0 Å². The van der Waals surface area contributed by atoms with Gasteiger partial charge in [0.1, 0.15) is 0 Å². The zero-order chi connectivity index (χ0) is 12.4. The van der Waals surface area contributed by atoms with Crippen LogP contribution in [-0.4, -0.2) is 0 Å². The van der Waals surface area contributed by atoms with Crippen molar-refractivity contribution < 1.29 is 0 Å². The van der Waals surface area contributed by atoms with Gasteiger partial charge in [0.2, 0.25) is 0 Å². The number of nitrogens with two attached hydrogens (primary N) is 1. The van der Waals surface area contributed by atoms with Crippen molar-refractivity contribution in [3.8, 4) is 0 Å². The van der Waals surface area contributed by atoms with Gasteiger partial charge in [-0.3, -0.25) is 0 Å². The molecule has 0 unspecified atom stereocenters. The number of nitrogen functional groups attached to an aromatic ring is 1. The van der Waals surface area contributed by atoms with Crippen LogP contribution in [0.5, 0.6) is 0 Å². The molecule has 2 aromatic carbocycles. The van der Waals surface area contributed by atoms with E-state index in [0.717, 1.165) is 27.1 Å². The number of rotatable bonds is 2. The molecule has 0 bridgehead atoms. The van der Waals surface area contributed by atoms with Gasteiger partial charge in [-0.05, 0) is 49.2 Å². The summed E-state index contributed by atoms with van der Waals surface area (Å²) < 4.78 is 1.10. The van der Waals surface area contributed by atoms with Crippen LogP contribution in [0.1, 0.15) is 11.1 Å². The molecular weight excluding hydrogens is 276 g/mol. The van der Waals surface area contributed by atoms with Crippen molar-refractivity contribution in [3.63, 3.8) is 0 Å². The van der Waals surface area contributed by atoms with Gasteiger partial charge < -0.3 is 11.1 Å². The minimum Gasteiger partial charge on any atom is -0.398 e. The van der Waals surface area contributed by atoms with Crippen LogP contribution >= 0.6 is 15.9 Å². The summed E-state index contributed by atoms with van der Waals surface area (Å²) in [5.41, 5.74) is 11.1. The quantitative estimate of drug-likeness (QED) is 0.805. The predicted octanol–water partition coefficient (Wildman–Crippen LogP) is 4.39. The third kappa shape index (κ3) is 2.61. The van der Waals surface area contributed by atoms with Crippen LogP contribution in [0.4, 0.5) is 17.1 Å². The van der Waals surface area contributed by atoms with Crippen LogP contribution in [0, 0.1) is 13.8 Å². The zero-order valence-corrected chi connectivity index (χ0v) is 11.5. The van der Waals surface area contributed by atoms with Crippen molar-refractivity contribution in [2.24, 2.45) is 0 Å². The smallest absolute Gasteiger partial charge is 0.0425 e. The van der Waals surface area contributed by atoms with E-state index in [-0.39, 0.29) is 0 Å². The summed E-state index contributed by atoms with van der Waals surface area (Å²) in [6.45, 7) is 4.08. The number of hydrogen-bond acceptors (Lipinski definition) is 2. The maximum Gasteiger partial charge on any atom is 0.0425 e. The molecule has 2 nitrogen and oxygen atoms in total. The monoisotopic (exact) mass is 290 g/mol. The van der Waals surface area contributed by atoms with Gasteiger partial charge in [-0.15, -0.1) is 0 Å². The average Bonchev–Trinajstić information content (AvgIpc) is 2.30. The second-order valence-electron chi connectivity index (χ2n) is 4.11. The molecule has 3 N–H and O–H groups in total. The zero-order valence-electron chi connectivity index (χ0n) is 9.92. The van der Waals surface area contributed by atoms with Crippen molar-refractivity contribution in [2.75, 3.05) is 11.1 Å². The Labute approximate surface area is 110 Å². The first-order chi connectivity index (χ1) is 8.08. The second kappa shape index (κ2) is 4.80. The molecule has 17 heavy (non-hydrogen) atoms. The Morgan fingerprint density at radius 3 is 2.59 bits per heavy atom. The SMILES string of the molecule is Cc1ccc(Nc2cccc(Br)c2C)cc1N. The summed E-state index contributed by atoms with van der Waals surface area (Å²) in [5.74, 6) is 0. The first-order valence-corrected chi connectivity index (χ1v) is 6.25. The predicted molar refractivity (Wildman–Crippen MR) is 77.8 cm³/mol. The van der Waals surface area contributed by atoms with Gasteiger partial charge in [-0.1, -0.05) is 28.1 Å². The number of anilines is 3. The van der Waals surface area contributed by atoms with E-state index < -0.39 is 0 Å². The molecule has 0 aliphatic heterocycles. The molecule has 0 amide bonds. The molecule has 0 aliphatic rings. The Morgan fingerprint density at radius 2 is 1.88 bits per heavy atom. The second-order valence-corrected chi connectivity index (χ2v) is 4.96. The highest BCUT2D eigenvalue weighted by Gasteiger charge is 2.02.